The van der Waals surface area contributed by atoms with Crippen LogP contribution in [0.1, 0.15) is 0 Å². The third-order valence-electron chi connectivity index (χ3n) is 0.449. The largest absolute Gasteiger partial charge is 0.488 e. The second kappa shape index (κ2) is 0.958. The lowest BCUT2D eigenvalue weighted by Gasteiger charge is -1.77. The van der Waals surface area contributed by atoms with Crippen LogP contribution in [0.5, 0.6) is 0 Å². The maximum Gasteiger partial charge on any atom is 0.125 e. The second-order valence-corrected chi connectivity index (χ2v) is 0.822. The zero-order chi connectivity index (χ0) is 3.54. The van der Waals surface area contributed by atoms with Crippen LogP contribution in [-0.4, -0.2) is 6.61 Å². The molecule has 0 unspecified atom stereocenters. The van der Waals surface area contributed by atoms with Gasteiger partial charge in [-0.15, -0.1) is 0 Å². The van der Waals surface area contributed by atoms with Gasteiger partial charge in [0.1, 0.15) is 12.9 Å². The smallest absolute Gasteiger partial charge is 0.125 e. The summed E-state index contributed by atoms with van der Waals surface area (Å²) in [7, 11) is 0. The van der Waals surface area contributed by atoms with E-state index in [1.165, 1.54) is 0 Å². The molecular weight excluding hydrogens is 64.0 g/mol. The van der Waals surface area contributed by atoms with Gasteiger partial charge in [-0.25, -0.2) is 0 Å². The molecule has 0 fully saturated rings. The molecule has 26 valence electrons. The molecule has 0 saturated heterocycles. The average molecular weight is 68.1 g/mol. The highest BCUT2D eigenvalue weighted by atomic mass is 16.5. The van der Waals surface area contributed by atoms with Gasteiger partial charge in [0.25, 0.3) is 0 Å². The Bertz CT molecular complexity index is 69.6. The van der Waals surface area contributed by atoms with Gasteiger partial charge in [-0.2, -0.15) is 0 Å². The molecular formula is C4H4O. The van der Waals surface area contributed by atoms with E-state index in [1.807, 2.05) is 6.08 Å². The number of hydrogen-bond donors (Lipinski definition) is 0. The standard InChI is InChI=1S/C4H4O/c1-2-4-5-3-1/h1,4H,3H2. The lowest BCUT2D eigenvalue weighted by Crippen LogP contribution is -1.68. The first-order valence-electron chi connectivity index (χ1n) is 1.51. The normalized spacial score (nSPS) is 16.0. The predicted octanol–water partition coefficient (Wildman–Crippen LogP) is 0.685. The van der Waals surface area contributed by atoms with Gasteiger partial charge in [0.2, 0.25) is 0 Å². The summed E-state index contributed by atoms with van der Waals surface area (Å²) >= 11 is 0. The molecule has 0 aliphatic carbocycles. The van der Waals surface area contributed by atoms with Crippen molar-refractivity contribution in [2.45, 2.75) is 0 Å². The Morgan fingerprint density at radius 3 is 3.00 bits per heavy atom. The predicted molar refractivity (Wildman–Crippen MR) is 18.6 cm³/mol. The first-order valence-corrected chi connectivity index (χ1v) is 1.51. The van der Waals surface area contributed by atoms with Gasteiger partial charge < -0.3 is 4.74 Å². The van der Waals surface area contributed by atoms with E-state index in [4.69, 9.17) is 0 Å². The molecule has 1 heteroatoms. The minimum Gasteiger partial charge on any atom is -0.488 e. The van der Waals surface area contributed by atoms with Crippen molar-refractivity contribution in [3.8, 4) is 0 Å². The van der Waals surface area contributed by atoms with Crippen molar-refractivity contribution in [2.75, 3.05) is 6.61 Å². The van der Waals surface area contributed by atoms with Crippen molar-refractivity contribution in [1.29, 1.82) is 0 Å². The van der Waals surface area contributed by atoms with Crippen LogP contribution in [0.4, 0.5) is 0 Å². The zero-order valence-electron chi connectivity index (χ0n) is 2.77. The van der Waals surface area contributed by atoms with Crippen molar-refractivity contribution < 1.29 is 4.74 Å². The summed E-state index contributed by atoms with van der Waals surface area (Å²) < 4.78 is 4.65. The average Bonchev–Trinajstić information content (AvgIpc) is 1.76. The lowest BCUT2D eigenvalue weighted by atomic mass is 10.7. The summed E-state index contributed by atoms with van der Waals surface area (Å²) in [4.78, 5) is 0. The second-order valence-electron chi connectivity index (χ2n) is 0.822. The minimum absolute atomic E-state index is 0.708. The number of rotatable bonds is 0. The molecule has 0 aromatic carbocycles. The van der Waals surface area contributed by atoms with Crippen molar-refractivity contribution >= 4 is 0 Å². The molecule has 0 aromatic heterocycles. The molecule has 1 nitrogen and oxygen atoms in total. The van der Waals surface area contributed by atoms with E-state index < -0.39 is 0 Å². The van der Waals surface area contributed by atoms with Crippen LogP contribution in [0.15, 0.2) is 18.1 Å². The maximum atomic E-state index is 4.65. The molecule has 0 atom stereocenters. The third-order valence-corrected chi connectivity index (χ3v) is 0.449. The van der Waals surface area contributed by atoms with Gasteiger partial charge in [-0.1, -0.05) is 5.73 Å². The summed E-state index contributed by atoms with van der Waals surface area (Å²) in [5.41, 5.74) is 2.75. The van der Waals surface area contributed by atoms with E-state index in [2.05, 4.69) is 10.5 Å². The van der Waals surface area contributed by atoms with Crippen LogP contribution < -0.4 is 0 Å². The molecule has 0 bridgehead atoms. The molecule has 0 aromatic rings. The fraction of sp³-hybridized carbons (Fsp3) is 0.250. The summed E-state index contributed by atoms with van der Waals surface area (Å²) in [5.74, 6) is 0. The molecule has 1 aliphatic heterocycles. The van der Waals surface area contributed by atoms with E-state index >= 15 is 0 Å². The summed E-state index contributed by atoms with van der Waals surface area (Å²) in [6, 6.07) is 0. The summed E-state index contributed by atoms with van der Waals surface area (Å²) in [6.07, 6.45) is 3.39. The SMILES string of the molecule is C1=CCOC=1. The van der Waals surface area contributed by atoms with E-state index in [-0.39, 0.29) is 0 Å². The van der Waals surface area contributed by atoms with Crippen LogP contribution >= 0.6 is 0 Å². The van der Waals surface area contributed by atoms with Gasteiger partial charge in [0.05, 0.1) is 0 Å². The summed E-state index contributed by atoms with van der Waals surface area (Å²) in [6.45, 7) is 0.708. The van der Waals surface area contributed by atoms with Crippen molar-refractivity contribution in [3.63, 3.8) is 0 Å². The monoisotopic (exact) mass is 68.0 g/mol. The Morgan fingerprint density at radius 1 is 1.80 bits per heavy atom. The Kier molecular flexibility index (Phi) is 0.489. The maximum absolute atomic E-state index is 4.65. The Hall–Kier alpha value is -0.680. The van der Waals surface area contributed by atoms with Crippen LogP contribution in [-0.2, 0) is 4.74 Å². The van der Waals surface area contributed by atoms with E-state index in [9.17, 15) is 0 Å². The van der Waals surface area contributed by atoms with Gasteiger partial charge in [-0.05, 0) is 6.08 Å². The Labute approximate surface area is 30.6 Å². The zero-order valence-corrected chi connectivity index (χ0v) is 2.77. The lowest BCUT2D eigenvalue weighted by molar-refractivity contribution is 0.302. The highest BCUT2D eigenvalue weighted by molar-refractivity contribution is 4.85. The van der Waals surface area contributed by atoms with Crippen molar-refractivity contribution in [1.82, 2.24) is 0 Å². The first-order chi connectivity index (χ1) is 2.50. The quantitative estimate of drug-likeness (QED) is 0.379. The van der Waals surface area contributed by atoms with Crippen LogP contribution in [0.2, 0.25) is 0 Å². The highest BCUT2D eigenvalue weighted by Gasteiger charge is 1.74. The fourth-order valence-corrected chi connectivity index (χ4v) is 0.241. The van der Waals surface area contributed by atoms with E-state index in [1.54, 1.807) is 6.26 Å². The van der Waals surface area contributed by atoms with Gasteiger partial charge in [-0.3, -0.25) is 0 Å². The van der Waals surface area contributed by atoms with Crippen LogP contribution in [0, 0.1) is 0 Å². The minimum atomic E-state index is 0.708. The fourth-order valence-electron chi connectivity index (χ4n) is 0.241. The molecule has 0 saturated carbocycles. The third kappa shape index (κ3) is 0.310. The molecule has 5 heavy (non-hydrogen) atoms. The van der Waals surface area contributed by atoms with Crippen molar-refractivity contribution in [3.05, 3.63) is 18.1 Å². The Balaban J connectivity index is 2.64. The number of hydrogen-bond acceptors (Lipinski definition) is 1. The molecule has 0 amide bonds. The molecule has 1 heterocycles. The Morgan fingerprint density at radius 2 is 2.80 bits per heavy atom. The molecule has 0 spiro atoms. The molecule has 1 rings (SSSR count). The van der Waals surface area contributed by atoms with Gasteiger partial charge >= 0.3 is 0 Å². The van der Waals surface area contributed by atoms with Gasteiger partial charge in [0.15, 0.2) is 0 Å². The van der Waals surface area contributed by atoms with Crippen LogP contribution in [0.25, 0.3) is 0 Å². The van der Waals surface area contributed by atoms with Crippen molar-refractivity contribution in [2.24, 2.45) is 0 Å². The molecule has 1 aliphatic rings. The van der Waals surface area contributed by atoms with E-state index in [0.717, 1.165) is 0 Å². The van der Waals surface area contributed by atoms with E-state index in [0.29, 0.717) is 6.61 Å². The summed E-state index contributed by atoms with van der Waals surface area (Å²) in [5, 5.41) is 0. The topological polar surface area (TPSA) is 9.23 Å². The van der Waals surface area contributed by atoms with Gasteiger partial charge in [0, 0.05) is 0 Å². The van der Waals surface area contributed by atoms with Crippen LogP contribution in [0.3, 0.4) is 0 Å². The highest BCUT2D eigenvalue weighted by Crippen LogP contribution is 1.82. The molecule has 0 radical (unpaired) electrons. The number of ether oxygens (including phenoxy) is 1. The molecule has 0 N–H and O–H groups in total. The first kappa shape index (κ1) is 2.55.